The molecule has 13 heteroatoms. The first-order valence-corrected chi connectivity index (χ1v) is 20.7. The van der Waals surface area contributed by atoms with Crippen molar-refractivity contribution < 1.29 is 64.6 Å². The number of hydrogen-bond donors (Lipinski definition) is 8. The van der Waals surface area contributed by atoms with Crippen LogP contribution in [-0.2, 0) is 23.7 Å². The van der Waals surface area contributed by atoms with E-state index in [1.54, 1.807) is 0 Å². The van der Waals surface area contributed by atoms with Gasteiger partial charge in [0.2, 0.25) is 6.29 Å². The largest absolute Gasteiger partial charge is 0.432 e. The van der Waals surface area contributed by atoms with Crippen LogP contribution in [0.4, 0.5) is 0 Å². The highest BCUT2D eigenvalue weighted by atomic mass is 16.8. The van der Waals surface area contributed by atoms with Gasteiger partial charge in [-0.05, 0) is 110 Å². The Kier molecular flexibility index (Phi) is 10.6. The van der Waals surface area contributed by atoms with E-state index < -0.39 is 97.0 Å². The first-order valence-electron chi connectivity index (χ1n) is 20.7. The van der Waals surface area contributed by atoms with Gasteiger partial charge >= 0.3 is 5.97 Å². The van der Waals surface area contributed by atoms with Gasteiger partial charge in [-0.3, -0.25) is 4.79 Å². The van der Waals surface area contributed by atoms with Gasteiger partial charge in [0, 0.05) is 0 Å². The van der Waals surface area contributed by atoms with E-state index in [0.29, 0.717) is 19.3 Å². The molecular weight excluding hydrogens is 712 g/mol. The fourth-order valence-electron chi connectivity index (χ4n) is 13.5. The molecule has 3 unspecified atom stereocenters. The number of aliphatic hydroxyl groups excluding tert-OH is 8. The second kappa shape index (κ2) is 13.9. The van der Waals surface area contributed by atoms with E-state index in [1.807, 2.05) is 0 Å². The Morgan fingerprint density at radius 1 is 0.782 bits per heavy atom. The summed E-state index contributed by atoms with van der Waals surface area (Å²) in [6.45, 7) is 16.6. The molecule has 13 nitrogen and oxygen atoms in total. The monoisotopic (exact) mass is 780 g/mol. The van der Waals surface area contributed by atoms with Gasteiger partial charge in [0.25, 0.3) is 0 Å². The predicted octanol–water partition coefficient (Wildman–Crippen LogP) is 2.31. The van der Waals surface area contributed by atoms with Crippen molar-refractivity contribution in [3.05, 3.63) is 11.6 Å². The van der Waals surface area contributed by atoms with Crippen molar-refractivity contribution in [2.75, 3.05) is 6.61 Å². The molecule has 2 aliphatic heterocycles. The maximum atomic E-state index is 15.0. The minimum atomic E-state index is -1.73. The number of allylic oxidation sites excluding steroid dienone is 2. The van der Waals surface area contributed by atoms with E-state index >= 15 is 0 Å². The van der Waals surface area contributed by atoms with Crippen LogP contribution < -0.4 is 0 Å². The molecule has 2 heterocycles. The van der Waals surface area contributed by atoms with Crippen molar-refractivity contribution in [2.45, 2.75) is 187 Å². The fourth-order valence-corrected chi connectivity index (χ4v) is 13.5. The van der Waals surface area contributed by atoms with E-state index in [4.69, 9.17) is 18.9 Å². The van der Waals surface area contributed by atoms with Crippen LogP contribution in [0.2, 0.25) is 0 Å². The van der Waals surface area contributed by atoms with Crippen molar-refractivity contribution in [2.24, 2.45) is 50.2 Å². The zero-order chi connectivity index (χ0) is 40.4. The molecule has 314 valence electrons. The van der Waals surface area contributed by atoms with Gasteiger partial charge in [0.15, 0.2) is 12.4 Å². The van der Waals surface area contributed by atoms with Crippen LogP contribution in [-0.4, -0.2) is 127 Å². The molecule has 2 saturated heterocycles. The highest BCUT2D eigenvalue weighted by Gasteiger charge is 2.70. The van der Waals surface area contributed by atoms with Crippen LogP contribution in [0, 0.1) is 50.2 Å². The molecule has 4 saturated carbocycles. The number of esters is 1. The van der Waals surface area contributed by atoms with Crippen molar-refractivity contribution in [3.8, 4) is 0 Å². The van der Waals surface area contributed by atoms with Crippen molar-refractivity contribution in [1.29, 1.82) is 0 Å². The Bertz CT molecular complexity index is 1500. The first-order chi connectivity index (χ1) is 25.5. The zero-order valence-electron chi connectivity index (χ0n) is 33.9. The minimum Gasteiger partial charge on any atom is -0.432 e. The molecule has 0 aromatic rings. The molecule has 19 atom stereocenters. The lowest BCUT2D eigenvalue weighted by atomic mass is 9.33. The van der Waals surface area contributed by atoms with Gasteiger partial charge in [0.05, 0.1) is 30.3 Å². The summed E-state index contributed by atoms with van der Waals surface area (Å²) in [5, 5.41) is 85.9. The molecule has 5 aliphatic carbocycles. The Balaban J connectivity index is 1.21. The Labute approximate surface area is 325 Å². The van der Waals surface area contributed by atoms with Crippen molar-refractivity contribution in [1.82, 2.24) is 0 Å². The molecule has 7 aliphatic rings. The summed E-state index contributed by atoms with van der Waals surface area (Å²) < 4.78 is 23.8. The van der Waals surface area contributed by atoms with Gasteiger partial charge in [-0.2, -0.15) is 0 Å². The summed E-state index contributed by atoms with van der Waals surface area (Å²) in [5.74, 6) is -0.159. The van der Waals surface area contributed by atoms with E-state index in [0.717, 1.165) is 38.5 Å². The SMILES string of the molecule is C[C@@H]1O[C@@H](O[C@H]2[C@H](OC(=O)[C@]34CCC(C)(C)CC3C3=CCC5[C@@]6(C)C[C@@H](O)[C@H](O)C(C)(C)C6CC[C@@]5(C)[C@]3(C)CC4)O[C@H](CO)[C@@H](O)[C@@H]2O)[C@H](O)[C@H](O)[C@H]1O. The Hall–Kier alpha value is -1.23. The third kappa shape index (κ3) is 6.15. The summed E-state index contributed by atoms with van der Waals surface area (Å²) >= 11 is 0. The summed E-state index contributed by atoms with van der Waals surface area (Å²) in [6, 6.07) is 0. The van der Waals surface area contributed by atoms with Gasteiger partial charge < -0.3 is 59.8 Å². The zero-order valence-corrected chi connectivity index (χ0v) is 33.9. The van der Waals surface area contributed by atoms with Gasteiger partial charge in [-0.15, -0.1) is 0 Å². The highest BCUT2D eigenvalue weighted by molar-refractivity contribution is 5.79. The molecule has 7 rings (SSSR count). The number of carbonyl (C=O) groups is 1. The molecule has 0 amide bonds. The molecule has 0 aromatic heterocycles. The topological polar surface area (TPSA) is 216 Å². The molecular formula is C42H68O13. The maximum Gasteiger partial charge on any atom is 0.315 e. The maximum absolute atomic E-state index is 15.0. The lowest BCUT2D eigenvalue weighted by Crippen LogP contribution is -2.67. The fraction of sp³-hybridized carbons (Fsp3) is 0.929. The molecule has 6 fully saturated rings. The standard InChI is InChI=1S/C42H68O13/c1-20-27(45)29(47)31(49)34(52-20)54-32-30(48)28(46)24(19-43)53-35(32)55-36(51)42-15-13-37(2,3)17-22(42)21-9-10-26-39(6)18-23(44)33(50)38(4,5)25(39)11-12-41(26,8)40(21,7)14-16-42/h9,20,22-35,43-50H,10-19H2,1-8H3/t20-,22?,23+,24+,25?,26?,27-,28+,29+,30-,31+,32+,33-,34-,35-,39-,40+,41+,42-/m0/s1. The Morgan fingerprint density at radius 2 is 1.45 bits per heavy atom. The lowest BCUT2D eigenvalue weighted by Gasteiger charge is -2.71. The van der Waals surface area contributed by atoms with Gasteiger partial charge in [0.1, 0.15) is 36.6 Å². The van der Waals surface area contributed by atoms with Crippen LogP contribution in [0.15, 0.2) is 11.6 Å². The number of rotatable bonds is 5. The molecule has 0 aromatic carbocycles. The average molecular weight is 781 g/mol. The molecule has 55 heavy (non-hydrogen) atoms. The minimum absolute atomic E-state index is 0.0611. The molecule has 8 N–H and O–H groups in total. The predicted molar refractivity (Wildman–Crippen MR) is 198 cm³/mol. The molecule has 0 bridgehead atoms. The summed E-state index contributed by atoms with van der Waals surface area (Å²) in [7, 11) is 0. The number of ether oxygens (including phenoxy) is 4. The van der Waals surface area contributed by atoms with Crippen LogP contribution in [0.25, 0.3) is 0 Å². The van der Waals surface area contributed by atoms with E-state index in [2.05, 4.69) is 54.5 Å². The second-order valence-corrected chi connectivity index (χ2v) is 20.8. The van der Waals surface area contributed by atoms with Crippen molar-refractivity contribution >= 4 is 5.97 Å². The number of hydrogen-bond acceptors (Lipinski definition) is 13. The smallest absolute Gasteiger partial charge is 0.315 e. The third-order valence-electron chi connectivity index (χ3n) is 17.1. The Morgan fingerprint density at radius 3 is 2.13 bits per heavy atom. The van der Waals surface area contributed by atoms with Crippen LogP contribution >= 0.6 is 0 Å². The molecule has 0 radical (unpaired) electrons. The second-order valence-electron chi connectivity index (χ2n) is 20.8. The van der Waals surface area contributed by atoms with Crippen LogP contribution in [0.5, 0.6) is 0 Å². The van der Waals surface area contributed by atoms with E-state index in [1.165, 1.54) is 12.5 Å². The van der Waals surface area contributed by atoms with Gasteiger partial charge in [-0.1, -0.05) is 60.1 Å². The third-order valence-corrected chi connectivity index (χ3v) is 17.1. The summed E-state index contributed by atoms with van der Waals surface area (Å²) in [6.07, 6.45) is -7.62. The van der Waals surface area contributed by atoms with E-state index in [9.17, 15) is 45.6 Å². The lowest BCUT2D eigenvalue weighted by molar-refractivity contribution is -0.361. The number of fused-ring (bicyclic) bond motifs is 7. The van der Waals surface area contributed by atoms with Crippen LogP contribution in [0.1, 0.15) is 113 Å². The highest BCUT2D eigenvalue weighted by Crippen LogP contribution is 2.76. The molecule has 0 spiro atoms. The van der Waals surface area contributed by atoms with Crippen LogP contribution in [0.3, 0.4) is 0 Å². The summed E-state index contributed by atoms with van der Waals surface area (Å²) in [4.78, 5) is 15.0. The number of aliphatic hydroxyl groups is 8. The normalized spacial score (nSPS) is 54.5. The van der Waals surface area contributed by atoms with E-state index in [-0.39, 0.29) is 39.4 Å². The quantitative estimate of drug-likeness (QED) is 0.149. The van der Waals surface area contributed by atoms with Gasteiger partial charge in [-0.25, -0.2) is 0 Å². The first kappa shape index (κ1) is 41.9. The summed E-state index contributed by atoms with van der Waals surface area (Å²) in [5.41, 5.74) is -0.716. The number of carbonyl (C=O) groups excluding carboxylic acids is 1. The average Bonchev–Trinajstić information content (AvgIpc) is 3.11. The van der Waals surface area contributed by atoms with Crippen molar-refractivity contribution in [3.63, 3.8) is 0 Å².